The molecular formula is C23H22N2O3S. The lowest BCUT2D eigenvalue weighted by Crippen LogP contribution is -2.33. The van der Waals surface area contributed by atoms with Gasteiger partial charge in [-0.2, -0.15) is 0 Å². The summed E-state index contributed by atoms with van der Waals surface area (Å²) in [7, 11) is 0. The summed E-state index contributed by atoms with van der Waals surface area (Å²) < 4.78 is 5.06. The van der Waals surface area contributed by atoms with Crippen LogP contribution in [0.1, 0.15) is 27.9 Å². The van der Waals surface area contributed by atoms with Crippen LogP contribution in [-0.4, -0.2) is 23.5 Å². The van der Waals surface area contributed by atoms with Crippen molar-refractivity contribution in [2.45, 2.75) is 19.4 Å². The predicted molar refractivity (Wildman–Crippen MR) is 114 cm³/mol. The van der Waals surface area contributed by atoms with Crippen molar-refractivity contribution in [3.8, 4) is 0 Å². The van der Waals surface area contributed by atoms with Crippen LogP contribution >= 0.6 is 11.3 Å². The Balaban J connectivity index is 1.56. The number of benzene rings is 2. The van der Waals surface area contributed by atoms with Crippen molar-refractivity contribution in [3.05, 3.63) is 93.9 Å². The Bertz CT molecular complexity index is 968. The van der Waals surface area contributed by atoms with E-state index in [-0.39, 0.29) is 18.6 Å². The average Bonchev–Trinajstić information content (AvgIpc) is 3.17. The molecule has 0 spiro atoms. The molecule has 0 saturated carbocycles. The zero-order valence-electron chi connectivity index (χ0n) is 16.1. The van der Waals surface area contributed by atoms with E-state index < -0.39 is 5.97 Å². The fourth-order valence-electron chi connectivity index (χ4n) is 2.82. The second kappa shape index (κ2) is 10.3. The minimum Gasteiger partial charge on any atom is -0.452 e. The molecular weight excluding hydrogens is 384 g/mol. The molecule has 29 heavy (non-hydrogen) atoms. The largest absolute Gasteiger partial charge is 0.452 e. The molecule has 0 saturated heterocycles. The number of nitrogens with zero attached hydrogens (tertiary/aromatic N) is 1. The van der Waals surface area contributed by atoms with Gasteiger partial charge in [0.1, 0.15) is 0 Å². The van der Waals surface area contributed by atoms with Gasteiger partial charge in [0.15, 0.2) is 6.61 Å². The monoisotopic (exact) mass is 406 g/mol. The van der Waals surface area contributed by atoms with Crippen molar-refractivity contribution in [1.82, 2.24) is 10.3 Å². The van der Waals surface area contributed by atoms with E-state index in [1.165, 1.54) is 17.4 Å². The fourth-order valence-corrected chi connectivity index (χ4v) is 3.40. The minimum atomic E-state index is -0.579. The number of hydrogen-bond donors (Lipinski definition) is 1. The van der Waals surface area contributed by atoms with Crippen molar-refractivity contribution in [1.29, 1.82) is 0 Å². The molecule has 1 atom stereocenters. The molecule has 148 valence electrons. The first-order chi connectivity index (χ1) is 14.1. The molecule has 1 aromatic heterocycles. The molecule has 1 heterocycles. The Labute approximate surface area is 174 Å². The topological polar surface area (TPSA) is 68.3 Å². The molecule has 6 heteroatoms. The third-order valence-corrected chi connectivity index (χ3v) is 4.98. The zero-order valence-corrected chi connectivity index (χ0v) is 16.9. The number of thiazole rings is 1. The number of carbonyl (C=O) groups is 2. The molecule has 0 aliphatic heterocycles. The lowest BCUT2D eigenvalue weighted by Gasteiger charge is -2.19. The molecule has 0 bridgehead atoms. The maximum absolute atomic E-state index is 12.4. The van der Waals surface area contributed by atoms with Gasteiger partial charge in [0.25, 0.3) is 5.91 Å². The number of nitrogens with one attached hydrogen (secondary N) is 1. The standard InChI is InChI=1S/C23H22N2O3S/c1-17-24-20(16-29-17)12-13-23(27)28-15-22(26)25-21(19-10-6-3-7-11-19)14-18-8-4-2-5-9-18/h2-13,16,21H,14-15H2,1H3,(H,25,26)/b13-12+. The Morgan fingerprint density at radius 2 is 1.79 bits per heavy atom. The third-order valence-electron chi connectivity index (χ3n) is 4.19. The van der Waals surface area contributed by atoms with E-state index in [1.54, 1.807) is 6.08 Å². The number of aryl methyl sites for hydroxylation is 1. The molecule has 5 nitrogen and oxygen atoms in total. The number of esters is 1. The molecule has 0 fully saturated rings. The second-order valence-electron chi connectivity index (χ2n) is 6.45. The Hall–Kier alpha value is -3.25. The van der Waals surface area contributed by atoms with Crippen LogP contribution in [0.5, 0.6) is 0 Å². The molecule has 3 aromatic rings. The third kappa shape index (κ3) is 6.69. The van der Waals surface area contributed by atoms with E-state index in [0.717, 1.165) is 16.1 Å². The van der Waals surface area contributed by atoms with Crippen molar-refractivity contribution < 1.29 is 14.3 Å². The molecule has 0 aliphatic carbocycles. The quantitative estimate of drug-likeness (QED) is 0.452. The van der Waals surface area contributed by atoms with Gasteiger partial charge in [-0.25, -0.2) is 9.78 Å². The molecule has 3 rings (SSSR count). The van der Waals surface area contributed by atoms with E-state index in [9.17, 15) is 9.59 Å². The Morgan fingerprint density at radius 3 is 2.45 bits per heavy atom. The smallest absolute Gasteiger partial charge is 0.331 e. The minimum absolute atomic E-state index is 0.210. The van der Waals surface area contributed by atoms with Crippen LogP contribution in [0.15, 0.2) is 72.1 Å². The predicted octanol–water partition coefficient (Wildman–Crippen LogP) is 4.11. The summed E-state index contributed by atoms with van der Waals surface area (Å²) in [6.45, 7) is 1.56. The number of rotatable bonds is 8. The molecule has 0 aliphatic rings. The van der Waals surface area contributed by atoms with Gasteiger partial charge in [0.2, 0.25) is 0 Å². The van der Waals surface area contributed by atoms with Crippen LogP contribution in [0, 0.1) is 6.92 Å². The molecule has 1 unspecified atom stereocenters. The number of hydrogen-bond acceptors (Lipinski definition) is 5. The van der Waals surface area contributed by atoms with Gasteiger partial charge in [-0.05, 0) is 30.5 Å². The molecule has 2 aromatic carbocycles. The Kier molecular flexibility index (Phi) is 7.30. The summed E-state index contributed by atoms with van der Waals surface area (Å²) in [4.78, 5) is 28.5. The van der Waals surface area contributed by atoms with Crippen LogP contribution in [0.2, 0.25) is 0 Å². The molecule has 1 amide bonds. The van der Waals surface area contributed by atoms with E-state index >= 15 is 0 Å². The van der Waals surface area contributed by atoms with Gasteiger partial charge in [-0.1, -0.05) is 60.7 Å². The van der Waals surface area contributed by atoms with Gasteiger partial charge in [0.05, 0.1) is 16.7 Å². The summed E-state index contributed by atoms with van der Waals surface area (Å²) in [5.41, 5.74) is 2.80. The summed E-state index contributed by atoms with van der Waals surface area (Å²) in [5, 5.41) is 5.73. The first kappa shape index (κ1) is 20.5. The lowest BCUT2D eigenvalue weighted by atomic mass is 9.99. The average molecular weight is 407 g/mol. The SMILES string of the molecule is Cc1nc(/C=C/C(=O)OCC(=O)NC(Cc2ccccc2)c2ccccc2)cs1. The summed E-state index contributed by atoms with van der Waals surface area (Å²) >= 11 is 1.50. The number of amides is 1. The van der Waals surface area contributed by atoms with Crippen LogP contribution in [0.4, 0.5) is 0 Å². The van der Waals surface area contributed by atoms with E-state index in [4.69, 9.17) is 4.74 Å². The number of ether oxygens (including phenoxy) is 1. The fraction of sp³-hybridized carbons (Fsp3) is 0.174. The highest BCUT2D eigenvalue weighted by Gasteiger charge is 2.16. The van der Waals surface area contributed by atoms with Gasteiger partial charge in [0, 0.05) is 11.5 Å². The highest BCUT2D eigenvalue weighted by Crippen LogP contribution is 2.18. The van der Waals surface area contributed by atoms with E-state index in [1.807, 2.05) is 73.0 Å². The van der Waals surface area contributed by atoms with Gasteiger partial charge in [-0.3, -0.25) is 4.79 Å². The summed E-state index contributed by atoms with van der Waals surface area (Å²) in [6.07, 6.45) is 3.50. The van der Waals surface area contributed by atoms with E-state index in [2.05, 4.69) is 10.3 Å². The lowest BCUT2D eigenvalue weighted by molar-refractivity contribution is -0.144. The van der Waals surface area contributed by atoms with Crippen molar-refractivity contribution >= 4 is 29.3 Å². The van der Waals surface area contributed by atoms with Crippen molar-refractivity contribution in [3.63, 3.8) is 0 Å². The van der Waals surface area contributed by atoms with Crippen LogP contribution < -0.4 is 5.32 Å². The van der Waals surface area contributed by atoms with Gasteiger partial charge in [-0.15, -0.1) is 11.3 Å². The maximum Gasteiger partial charge on any atom is 0.331 e. The summed E-state index contributed by atoms with van der Waals surface area (Å²) in [5.74, 6) is -0.925. The molecule has 0 radical (unpaired) electrons. The highest BCUT2D eigenvalue weighted by molar-refractivity contribution is 7.09. The zero-order chi connectivity index (χ0) is 20.5. The summed E-state index contributed by atoms with van der Waals surface area (Å²) in [6, 6.07) is 19.5. The van der Waals surface area contributed by atoms with Crippen molar-refractivity contribution in [2.75, 3.05) is 6.61 Å². The first-order valence-electron chi connectivity index (χ1n) is 9.25. The first-order valence-corrected chi connectivity index (χ1v) is 10.1. The van der Waals surface area contributed by atoms with Crippen LogP contribution in [0.25, 0.3) is 6.08 Å². The van der Waals surface area contributed by atoms with Gasteiger partial charge >= 0.3 is 5.97 Å². The van der Waals surface area contributed by atoms with Gasteiger partial charge < -0.3 is 10.1 Å². The van der Waals surface area contributed by atoms with Crippen LogP contribution in [-0.2, 0) is 20.7 Å². The van der Waals surface area contributed by atoms with Crippen molar-refractivity contribution in [2.24, 2.45) is 0 Å². The Morgan fingerprint density at radius 1 is 1.10 bits per heavy atom. The second-order valence-corrected chi connectivity index (χ2v) is 7.52. The number of aromatic nitrogens is 1. The molecule has 1 N–H and O–H groups in total. The maximum atomic E-state index is 12.4. The highest BCUT2D eigenvalue weighted by atomic mass is 32.1. The number of carbonyl (C=O) groups excluding carboxylic acids is 2. The van der Waals surface area contributed by atoms with Crippen LogP contribution in [0.3, 0.4) is 0 Å². The van der Waals surface area contributed by atoms with E-state index in [0.29, 0.717) is 12.1 Å². The normalized spacial score (nSPS) is 11.9.